The summed E-state index contributed by atoms with van der Waals surface area (Å²) in [6, 6.07) is 8.54. The number of amides is 2. The second-order valence-corrected chi connectivity index (χ2v) is 11.6. The molecule has 2 amide bonds. The van der Waals surface area contributed by atoms with Crippen molar-refractivity contribution in [3.8, 4) is 5.75 Å². The molecule has 204 valence electrons. The summed E-state index contributed by atoms with van der Waals surface area (Å²) in [5.41, 5.74) is 0.745. The minimum Gasteiger partial charge on any atom is -0.495 e. The highest BCUT2D eigenvalue weighted by molar-refractivity contribution is 7.92. The van der Waals surface area contributed by atoms with Gasteiger partial charge in [0, 0.05) is 18.1 Å². The Bertz CT molecular complexity index is 1210. The number of benzene rings is 2. The lowest BCUT2D eigenvalue weighted by Crippen LogP contribution is -2.52. The van der Waals surface area contributed by atoms with Crippen LogP contribution in [0, 0.1) is 0 Å². The normalized spacial score (nSPS) is 12.1. The van der Waals surface area contributed by atoms with Crippen LogP contribution in [0.1, 0.15) is 38.7 Å². The van der Waals surface area contributed by atoms with E-state index in [0.29, 0.717) is 28.6 Å². The number of rotatable bonds is 13. The van der Waals surface area contributed by atoms with Crippen molar-refractivity contribution in [3.05, 3.63) is 57.0 Å². The Morgan fingerprint density at radius 1 is 1.05 bits per heavy atom. The van der Waals surface area contributed by atoms with Gasteiger partial charge >= 0.3 is 0 Å². The topological polar surface area (TPSA) is 96.0 Å². The maximum atomic E-state index is 13.8. The molecule has 37 heavy (non-hydrogen) atoms. The highest BCUT2D eigenvalue weighted by Gasteiger charge is 2.32. The molecule has 8 nitrogen and oxygen atoms in total. The average Bonchev–Trinajstić information content (AvgIpc) is 2.83. The van der Waals surface area contributed by atoms with E-state index in [1.54, 1.807) is 31.2 Å². The van der Waals surface area contributed by atoms with Gasteiger partial charge in [0.05, 0.1) is 29.1 Å². The summed E-state index contributed by atoms with van der Waals surface area (Å²) in [5.74, 6) is -0.686. The SMILES string of the molecule is CCCCNC(=O)C(CC)N(Cc1ccc(Cl)c(Cl)c1)C(=O)CN(c1cc(Cl)ccc1OC)S(C)(=O)=O. The number of anilines is 1. The number of ether oxygens (including phenoxy) is 1. The van der Waals surface area contributed by atoms with Crippen LogP contribution in [-0.4, -0.2) is 57.6 Å². The lowest BCUT2D eigenvalue weighted by Gasteiger charge is -2.33. The molecular formula is C25H32Cl3N3O5S. The largest absolute Gasteiger partial charge is 0.495 e. The Morgan fingerprint density at radius 2 is 1.76 bits per heavy atom. The summed E-state index contributed by atoms with van der Waals surface area (Å²) < 4.78 is 31.8. The maximum Gasteiger partial charge on any atom is 0.244 e. The van der Waals surface area contributed by atoms with E-state index in [-0.39, 0.29) is 28.9 Å². The Labute approximate surface area is 233 Å². The third-order valence-electron chi connectivity index (χ3n) is 5.64. The fourth-order valence-electron chi connectivity index (χ4n) is 3.71. The molecule has 0 heterocycles. The van der Waals surface area contributed by atoms with Gasteiger partial charge in [-0.2, -0.15) is 0 Å². The second kappa shape index (κ2) is 14.1. The quantitative estimate of drug-likeness (QED) is 0.325. The summed E-state index contributed by atoms with van der Waals surface area (Å²) in [7, 11) is -2.56. The highest BCUT2D eigenvalue weighted by atomic mass is 35.5. The lowest BCUT2D eigenvalue weighted by molar-refractivity contribution is -0.140. The molecule has 0 aliphatic heterocycles. The van der Waals surface area contributed by atoms with Crippen LogP contribution in [0.3, 0.4) is 0 Å². The average molecular weight is 593 g/mol. The van der Waals surface area contributed by atoms with Crippen LogP contribution in [0.15, 0.2) is 36.4 Å². The molecule has 1 unspecified atom stereocenters. The predicted octanol–water partition coefficient (Wildman–Crippen LogP) is 5.15. The first kappa shape index (κ1) is 31.0. The predicted molar refractivity (Wildman–Crippen MR) is 149 cm³/mol. The minimum atomic E-state index is -3.94. The zero-order chi connectivity index (χ0) is 27.8. The van der Waals surface area contributed by atoms with Crippen molar-refractivity contribution in [2.45, 2.75) is 45.7 Å². The van der Waals surface area contributed by atoms with Crippen LogP contribution in [0.2, 0.25) is 15.1 Å². The van der Waals surface area contributed by atoms with Crippen LogP contribution >= 0.6 is 34.8 Å². The Balaban J connectivity index is 2.50. The molecule has 0 fully saturated rings. The van der Waals surface area contributed by atoms with E-state index in [1.807, 2.05) is 6.92 Å². The van der Waals surface area contributed by atoms with Crippen molar-refractivity contribution in [2.75, 3.05) is 30.8 Å². The van der Waals surface area contributed by atoms with Crippen molar-refractivity contribution in [2.24, 2.45) is 0 Å². The first-order valence-electron chi connectivity index (χ1n) is 11.7. The van der Waals surface area contributed by atoms with E-state index in [0.717, 1.165) is 23.4 Å². The van der Waals surface area contributed by atoms with Crippen LogP contribution in [0.4, 0.5) is 5.69 Å². The number of methoxy groups -OCH3 is 1. The van der Waals surface area contributed by atoms with E-state index in [9.17, 15) is 18.0 Å². The van der Waals surface area contributed by atoms with Crippen LogP contribution in [0.5, 0.6) is 5.75 Å². The first-order valence-corrected chi connectivity index (χ1v) is 14.7. The first-order chi connectivity index (χ1) is 17.4. The van der Waals surface area contributed by atoms with Gasteiger partial charge in [0.2, 0.25) is 21.8 Å². The fraction of sp³-hybridized carbons (Fsp3) is 0.440. The minimum absolute atomic E-state index is 0.0136. The third kappa shape index (κ3) is 8.67. The Hall–Kier alpha value is -2.20. The molecular weight excluding hydrogens is 561 g/mol. The highest BCUT2D eigenvalue weighted by Crippen LogP contribution is 2.33. The smallest absolute Gasteiger partial charge is 0.244 e. The van der Waals surface area contributed by atoms with Crippen molar-refractivity contribution < 1.29 is 22.7 Å². The third-order valence-corrected chi connectivity index (χ3v) is 7.74. The number of unbranched alkanes of at least 4 members (excludes halogenated alkanes) is 1. The number of carbonyl (C=O) groups is 2. The number of halogens is 3. The molecule has 12 heteroatoms. The van der Waals surface area contributed by atoms with E-state index in [1.165, 1.54) is 24.1 Å². The van der Waals surface area contributed by atoms with Gasteiger partial charge in [0.1, 0.15) is 18.3 Å². The second-order valence-electron chi connectivity index (χ2n) is 8.42. The number of nitrogens with zero attached hydrogens (tertiary/aromatic N) is 2. The number of carbonyl (C=O) groups excluding carboxylic acids is 2. The molecule has 2 aromatic carbocycles. The number of hydrogen-bond donors (Lipinski definition) is 1. The molecule has 0 bridgehead atoms. The number of nitrogens with one attached hydrogen (secondary N) is 1. The molecule has 1 atom stereocenters. The van der Waals surface area contributed by atoms with Crippen molar-refractivity contribution in [1.82, 2.24) is 10.2 Å². The molecule has 0 spiro atoms. The van der Waals surface area contributed by atoms with Crippen molar-refractivity contribution in [3.63, 3.8) is 0 Å². The zero-order valence-corrected chi connectivity index (χ0v) is 24.3. The summed E-state index contributed by atoms with van der Waals surface area (Å²) in [6.07, 6.45) is 2.98. The molecule has 1 N–H and O–H groups in total. The Morgan fingerprint density at radius 3 is 2.32 bits per heavy atom. The van der Waals surface area contributed by atoms with Gasteiger partial charge in [-0.1, -0.05) is 61.1 Å². The van der Waals surface area contributed by atoms with Gasteiger partial charge in [-0.05, 0) is 48.7 Å². The van der Waals surface area contributed by atoms with Crippen LogP contribution < -0.4 is 14.4 Å². The van der Waals surface area contributed by atoms with Gasteiger partial charge in [0.25, 0.3) is 0 Å². The molecule has 0 saturated carbocycles. The summed E-state index contributed by atoms with van der Waals surface area (Å²) >= 11 is 18.4. The van der Waals surface area contributed by atoms with Gasteiger partial charge in [-0.3, -0.25) is 13.9 Å². The van der Waals surface area contributed by atoms with Crippen LogP contribution in [0.25, 0.3) is 0 Å². The van der Waals surface area contributed by atoms with E-state index in [2.05, 4.69) is 5.32 Å². The molecule has 0 saturated heterocycles. The number of sulfonamides is 1. The zero-order valence-electron chi connectivity index (χ0n) is 21.3. The molecule has 0 aromatic heterocycles. The van der Waals surface area contributed by atoms with Gasteiger partial charge < -0.3 is 15.0 Å². The fourth-order valence-corrected chi connectivity index (χ4v) is 5.05. The number of hydrogen-bond acceptors (Lipinski definition) is 5. The van der Waals surface area contributed by atoms with Crippen LogP contribution in [-0.2, 0) is 26.2 Å². The Kier molecular flexibility index (Phi) is 11.8. The van der Waals surface area contributed by atoms with E-state index >= 15 is 0 Å². The molecule has 2 aromatic rings. The molecule has 0 aliphatic rings. The maximum absolute atomic E-state index is 13.8. The summed E-state index contributed by atoms with van der Waals surface area (Å²) in [5, 5.41) is 3.79. The van der Waals surface area contributed by atoms with E-state index in [4.69, 9.17) is 39.5 Å². The monoisotopic (exact) mass is 591 g/mol. The summed E-state index contributed by atoms with van der Waals surface area (Å²) in [4.78, 5) is 28.2. The van der Waals surface area contributed by atoms with Gasteiger partial charge in [-0.15, -0.1) is 0 Å². The summed E-state index contributed by atoms with van der Waals surface area (Å²) in [6.45, 7) is 3.70. The van der Waals surface area contributed by atoms with Gasteiger partial charge in [0.15, 0.2) is 0 Å². The van der Waals surface area contributed by atoms with E-state index < -0.39 is 28.5 Å². The standard InChI is InChI=1S/C25H32Cl3N3O5S/c1-5-7-12-29-25(33)21(6-2)30(15-17-8-10-19(27)20(28)13-17)24(32)16-31(37(4,34)35)22-14-18(26)9-11-23(22)36-3/h8-11,13-14,21H,5-7,12,15-16H2,1-4H3,(H,29,33). The van der Waals surface area contributed by atoms with Crippen molar-refractivity contribution in [1.29, 1.82) is 0 Å². The molecule has 0 radical (unpaired) electrons. The van der Waals surface area contributed by atoms with Crippen molar-refractivity contribution >= 4 is 62.3 Å². The molecule has 0 aliphatic carbocycles. The molecule has 2 rings (SSSR count). The van der Waals surface area contributed by atoms with Gasteiger partial charge in [-0.25, -0.2) is 8.42 Å². The lowest BCUT2D eigenvalue weighted by atomic mass is 10.1.